The number of ether oxygens (including phenoxy) is 1. The van der Waals surface area contributed by atoms with E-state index in [0.29, 0.717) is 12.4 Å². The molecule has 1 atom stereocenters. The van der Waals surface area contributed by atoms with Crippen molar-refractivity contribution in [3.8, 4) is 0 Å². The van der Waals surface area contributed by atoms with E-state index in [9.17, 15) is 0 Å². The van der Waals surface area contributed by atoms with Crippen LogP contribution >= 0.6 is 0 Å². The quantitative estimate of drug-likeness (QED) is 0.659. The van der Waals surface area contributed by atoms with Crippen LogP contribution in [0.5, 0.6) is 0 Å². The highest BCUT2D eigenvalue weighted by Gasteiger charge is 2.06. The van der Waals surface area contributed by atoms with Crippen LogP contribution in [0.25, 0.3) is 0 Å². The molecule has 0 saturated heterocycles. The summed E-state index contributed by atoms with van der Waals surface area (Å²) >= 11 is 0. The van der Waals surface area contributed by atoms with Gasteiger partial charge in [-0.2, -0.15) is 0 Å². The van der Waals surface area contributed by atoms with E-state index in [4.69, 9.17) is 4.74 Å². The Morgan fingerprint density at radius 1 is 1.70 bits per heavy atom. The first-order valence-electron chi connectivity index (χ1n) is 3.19. The van der Waals surface area contributed by atoms with Gasteiger partial charge in [-0.25, -0.2) is 5.10 Å². The van der Waals surface area contributed by atoms with Crippen LogP contribution in [-0.2, 0) is 4.74 Å². The Morgan fingerprint density at radius 2 is 2.50 bits per heavy atom. The van der Waals surface area contributed by atoms with Gasteiger partial charge in [0.25, 0.3) is 0 Å². The second kappa shape index (κ2) is 3.26. The van der Waals surface area contributed by atoms with E-state index < -0.39 is 0 Å². The fraction of sp³-hybridized carbons (Fsp3) is 0.800. The normalized spacial score (nSPS) is 13.4. The van der Waals surface area contributed by atoms with Gasteiger partial charge in [-0.3, -0.25) is 0 Å². The highest BCUT2D eigenvalue weighted by Crippen LogP contribution is 2.07. The van der Waals surface area contributed by atoms with Crippen LogP contribution in [0.3, 0.4) is 0 Å². The van der Waals surface area contributed by atoms with Gasteiger partial charge < -0.3 is 4.74 Å². The molecular weight excluding hydrogens is 132 g/mol. The summed E-state index contributed by atoms with van der Waals surface area (Å²) < 4.78 is 5.21. The number of hydrogen-bond donors (Lipinski definition) is 1. The molecule has 10 heavy (non-hydrogen) atoms. The van der Waals surface area contributed by atoms with Crippen LogP contribution in [0.4, 0.5) is 0 Å². The Kier molecular flexibility index (Phi) is 2.33. The molecular formula is C5H10N4O. The topological polar surface area (TPSA) is 63.7 Å². The molecule has 0 saturated carbocycles. The molecule has 1 heterocycles. The summed E-state index contributed by atoms with van der Waals surface area (Å²) in [6.45, 7) is 4.49. The molecule has 0 aromatic carbocycles. The molecule has 0 aliphatic rings. The highest BCUT2D eigenvalue weighted by atomic mass is 16.5. The molecule has 1 aromatic heterocycles. The molecule has 0 amide bonds. The van der Waals surface area contributed by atoms with Crippen LogP contribution in [0.15, 0.2) is 0 Å². The van der Waals surface area contributed by atoms with E-state index >= 15 is 0 Å². The van der Waals surface area contributed by atoms with Gasteiger partial charge in [0.15, 0.2) is 5.82 Å². The maximum Gasteiger partial charge on any atom is 0.177 e. The molecule has 1 unspecified atom stereocenters. The van der Waals surface area contributed by atoms with Crippen molar-refractivity contribution in [2.45, 2.75) is 20.0 Å². The second-order valence-corrected chi connectivity index (χ2v) is 1.88. The Morgan fingerprint density at radius 3 is 3.00 bits per heavy atom. The molecule has 56 valence electrons. The molecule has 0 fully saturated rings. The van der Waals surface area contributed by atoms with Gasteiger partial charge in [-0.05, 0) is 24.3 Å². The summed E-state index contributed by atoms with van der Waals surface area (Å²) in [5.41, 5.74) is 0. The van der Waals surface area contributed by atoms with E-state index in [-0.39, 0.29) is 6.10 Å². The summed E-state index contributed by atoms with van der Waals surface area (Å²) in [6, 6.07) is 0. The first-order chi connectivity index (χ1) is 4.84. The van der Waals surface area contributed by atoms with Crippen molar-refractivity contribution in [3.05, 3.63) is 5.82 Å². The zero-order valence-electron chi connectivity index (χ0n) is 6.03. The maximum atomic E-state index is 5.21. The zero-order valence-corrected chi connectivity index (χ0v) is 6.03. The molecule has 1 N–H and O–H groups in total. The number of rotatable bonds is 3. The van der Waals surface area contributed by atoms with E-state index in [1.54, 1.807) is 0 Å². The minimum absolute atomic E-state index is 0.0417. The monoisotopic (exact) mass is 142 g/mol. The molecule has 0 bridgehead atoms. The van der Waals surface area contributed by atoms with Gasteiger partial charge in [0, 0.05) is 6.61 Å². The number of nitrogens with one attached hydrogen (secondary N) is 1. The van der Waals surface area contributed by atoms with E-state index in [2.05, 4.69) is 20.6 Å². The molecule has 5 heteroatoms. The van der Waals surface area contributed by atoms with Crippen LogP contribution in [-0.4, -0.2) is 27.2 Å². The Balaban J connectivity index is 2.50. The van der Waals surface area contributed by atoms with Crippen molar-refractivity contribution < 1.29 is 4.74 Å². The molecule has 0 aliphatic carbocycles. The first-order valence-corrected chi connectivity index (χ1v) is 3.19. The first kappa shape index (κ1) is 7.14. The van der Waals surface area contributed by atoms with Gasteiger partial charge in [0.05, 0.1) is 0 Å². The van der Waals surface area contributed by atoms with Crippen LogP contribution in [0.1, 0.15) is 25.8 Å². The predicted molar refractivity (Wildman–Crippen MR) is 34.2 cm³/mol. The van der Waals surface area contributed by atoms with Crippen molar-refractivity contribution >= 4 is 0 Å². The van der Waals surface area contributed by atoms with Crippen molar-refractivity contribution in [1.82, 2.24) is 20.6 Å². The summed E-state index contributed by atoms with van der Waals surface area (Å²) in [6.07, 6.45) is -0.0417. The number of tetrazole rings is 1. The van der Waals surface area contributed by atoms with Gasteiger partial charge in [-0.15, -0.1) is 5.10 Å². The van der Waals surface area contributed by atoms with Crippen molar-refractivity contribution in [2.24, 2.45) is 0 Å². The van der Waals surface area contributed by atoms with Crippen LogP contribution < -0.4 is 0 Å². The Bertz CT molecular complexity index is 174. The lowest BCUT2D eigenvalue weighted by Crippen LogP contribution is -2.01. The van der Waals surface area contributed by atoms with Crippen molar-refractivity contribution in [3.63, 3.8) is 0 Å². The lowest BCUT2D eigenvalue weighted by molar-refractivity contribution is 0.0701. The molecule has 5 nitrogen and oxygen atoms in total. The minimum Gasteiger partial charge on any atom is -0.371 e. The second-order valence-electron chi connectivity index (χ2n) is 1.88. The van der Waals surface area contributed by atoms with Gasteiger partial charge in [-0.1, -0.05) is 0 Å². The fourth-order valence-corrected chi connectivity index (χ4v) is 0.668. The maximum absolute atomic E-state index is 5.21. The average molecular weight is 142 g/mol. The number of hydrogen-bond acceptors (Lipinski definition) is 4. The van der Waals surface area contributed by atoms with Crippen molar-refractivity contribution in [1.29, 1.82) is 0 Å². The summed E-state index contributed by atoms with van der Waals surface area (Å²) in [7, 11) is 0. The molecule has 1 rings (SSSR count). The molecule has 0 radical (unpaired) electrons. The average Bonchev–Trinajstić information content (AvgIpc) is 2.38. The summed E-state index contributed by atoms with van der Waals surface area (Å²) in [5.74, 6) is 0.668. The SMILES string of the molecule is CCOC(C)c1nnn[nH]1. The van der Waals surface area contributed by atoms with Crippen LogP contribution in [0.2, 0.25) is 0 Å². The van der Waals surface area contributed by atoms with Crippen molar-refractivity contribution in [2.75, 3.05) is 6.61 Å². The Labute approximate surface area is 58.8 Å². The van der Waals surface area contributed by atoms with E-state index in [0.717, 1.165) is 0 Å². The lowest BCUT2D eigenvalue weighted by Gasteiger charge is -2.05. The Hall–Kier alpha value is -0.970. The van der Waals surface area contributed by atoms with E-state index in [1.165, 1.54) is 0 Å². The number of aromatic nitrogens is 4. The number of aromatic amines is 1. The van der Waals surface area contributed by atoms with E-state index in [1.807, 2.05) is 13.8 Å². The molecule has 0 aliphatic heterocycles. The number of H-pyrrole nitrogens is 1. The van der Waals surface area contributed by atoms with Gasteiger partial charge in [0.2, 0.25) is 0 Å². The molecule has 0 spiro atoms. The minimum atomic E-state index is -0.0417. The third-order valence-electron chi connectivity index (χ3n) is 1.16. The summed E-state index contributed by atoms with van der Waals surface area (Å²) in [5, 5.41) is 13.2. The zero-order chi connectivity index (χ0) is 7.40. The highest BCUT2D eigenvalue weighted by molar-refractivity contribution is 4.80. The van der Waals surface area contributed by atoms with Gasteiger partial charge in [0.1, 0.15) is 6.10 Å². The standard InChI is InChI=1S/C5H10N4O/c1-3-10-4(2)5-6-8-9-7-5/h4H,3H2,1-2H3,(H,6,7,8,9). The largest absolute Gasteiger partial charge is 0.371 e. The smallest absolute Gasteiger partial charge is 0.177 e. The predicted octanol–water partition coefficient (Wildman–Crippen LogP) is 0.297. The van der Waals surface area contributed by atoms with Crippen LogP contribution in [0, 0.1) is 0 Å². The lowest BCUT2D eigenvalue weighted by atomic mass is 10.4. The molecule has 1 aromatic rings. The summed E-state index contributed by atoms with van der Waals surface area (Å²) in [4.78, 5) is 0. The third-order valence-corrected chi connectivity index (χ3v) is 1.16. The third kappa shape index (κ3) is 1.51. The number of nitrogens with zero attached hydrogens (tertiary/aromatic N) is 3. The fourth-order valence-electron chi connectivity index (χ4n) is 0.668. The van der Waals surface area contributed by atoms with Gasteiger partial charge >= 0.3 is 0 Å².